The zero-order valence-corrected chi connectivity index (χ0v) is 23.6. The van der Waals surface area contributed by atoms with Crippen LogP contribution in [0.2, 0.25) is 0 Å². The summed E-state index contributed by atoms with van der Waals surface area (Å²) in [6, 6.07) is 20.6. The summed E-state index contributed by atoms with van der Waals surface area (Å²) in [6.45, 7) is 0.629. The fraction of sp³-hybridized carbons (Fsp3) is 0.121. The number of rotatable bonds is 9. The third kappa shape index (κ3) is 5.60. The second kappa shape index (κ2) is 11.3. The number of aromatic nitrogens is 5. The molecule has 2 amide bonds. The average Bonchev–Trinajstić information content (AvgIpc) is 3.49. The summed E-state index contributed by atoms with van der Waals surface area (Å²) in [7, 11) is 0. The van der Waals surface area contributed by atoms with Gasteiger partial charge in [0, 0.05) is 41.6 Å². The van der Waals surface area contributed by atoms with Crippen LogP contribution in [0.1, 0.15) is 18.4 Å². The van der Waals surface area contributed by atoms with Crippen LogP contribution >= 0.6 is 0 Å². The molecule has 0 unspecified atom stereocenters. The molecule has 0 radical (unpaired) electrons. The zero-order chi connectivity index (χ0) is 31.0. The largest absolute Gasteiger partial charge is 0.453 e. The van der Waals surface area contributed by atoms with Crippen molar-refractivity contribution in [2.75, 3.05) is 10.6 Å². The van der Waals surface area contributed by atoms with Gasteiger partial charge in [-0.2, -0.15) is 10.2 Å². The van der Waals surface area contributed by atoms with Crippen molar-refractivity contribution in [1.29, 1.82) is 0 Å². The Hall–Kier alpha value is -5.91. The molecular formula is C33H25F2N7O3. The smallest absolute Gasteiger partial charge is 0.240 e. The molecule has 45 heavy (non-hydrogen) atoms. The van der Waals surface area contributed by atoms with Crippen molar-refractivity contribution in [1.82, 2.24) is 25.0 Å². The third-order valence-electron chi connectivity index (χ3n) is 7.69. The molecule has 1 fully saturated rings. The highest BCUT2D eigenvalue weighted by molar-refractivity contribution is 6.16. The van der Waals surface area contributed by atoms with E-state index in [1.807, 2.05) is 41.2 Å². The van der Waals surface area contributed by atoms with E-state index in [4.69, 9.17) is 4.74 Å². The van der Waals surface area contributed by atoms with E-state index in [1.165, 1.54) is 42.6 Å². The Kier molecular flexibility index (Phi) is 7.01. The average molecular weight is 606 g/mol. The van der Waals surface area contributed by atoms with Crippen LogP contribution in [0.3, 0.4) is 0 Å². The number of nitrogens with one attached hydrogen (secondary N) is 3. The van der Waals surface area contributed by atoms with Crippen molar-refractivity contribution in [2.45, 2.75) is 19.4 Å². The van der Waals surface area contributed by atoms with Gasteiger partial charge in [-0.25, -0.2) is 13.8 Å². The SMILES string of the molecule is O=C(Nc1ccc(F)cc1)C1(C(=O)Nc2ccc(Oc3ccnc4[nH]nc(-c5ccc(Cn6cccn6)cc5)c34)c(F)c2)CC1. The molecule has 12 heteroatoms. The highest BCUT2D eigenvalue weighted by Gasteiger charge is 2.56. The molecule has 0 atom stereocenters. The van der Waals surface area contributed by atoms with Gasteiger partial charge in [0.15, 0.2) is 17.2 Å². The lowest BCUT2D eigenvalue weighted by Gasteiger charge is -2.16. The van der Waals surface area contributed by atoms with Crippen LogP contribution in [-0.4, -0.2) is 36.8 Å². The Morgan fingerprint density at radius 2 is 1.62 bits per heavy atom. The molecule has 3 N–H and O–H groups in total. The number of carbonyl (C=O) groups excluding carboxylic acids is 2. The molecule has 3 heterocycles. The standard InChI is InChI=1S/C33H25F2N7O3/c34-22-6-8-23(9-7-22)38-31(43)33(13-14-33)32(44)39-24-10-11-26(25(35)18-24)45-27-12-16-36-30-28(27)29(40-41-30)21-4-2-20(3-5-21)19-42-17-1-15-37-42/h1-12,15-18H,13-14,19H2,(H,38,43)(H,39,44)(H,36,40,41). The van der Waals surface area contributed by atoms with Crippen LogP contribution in [0.4, 0.5) is 20.2 Å². The fourth-order valence-corrected chi connectivity index (χ4v) is 5.06. The Labute approximate surface area is 255 Å². The van der Waals surface area contributed by atoms with Crippen molar-refractivity contribution in [3.05, 3.63) is 115 Å². The van der Waals surface area contributed by atoms with Gasteiger partial charge in [0.2, 0.25) is 11.8 Å². The first kappa shape index (κ1) is 27.9. The van der Waals surface area contributed by atoms with Crippen molar-refractivity contribution in [2.24, 2.45) is 5.41 Å². The van der Waals surface area contributed by atoms with Crippen LogP contribution < -0.4 is 15.4 Å². The first-order chi connectivity index (χ1) is 21.9. The maximum absolute atomic E-state index is 15.3. The van der Waals surface area contributed by atoms with E-state index in [0.717, 1.165) is 17.2 Å². The quantitative estimate of drug-likeness (QED) is 0.166. The summed E-state index contributed by atoms with van der Waals surface area (Å²) in [5, 5.41) is 17.5. The first-order valence-corrected chi connectivity index (χ1v) is 14.1. The predicted octanol–water partition coefficient (Wildman–Crippen LogP) is 6.30. The lowest BCUT2D eigenvalue weighted by Crippen LogP contribution is -2.35. The lowest BCUT2D eigenvalue weighted by molar-refractivity contribution is -0.131. The number of benzene rings is 3. The second-order valence-corrected chi connectivity index (χ2v) is 10.7. The van der Waals surface area contributed by atoms with E-state index in [2.05, 4.69) is 30.9 Å². The molecule has 224 valence electrons. The number of halogens is 2. The molecule has 0 saturated heterocycles. The molecule has 3 aromatic heterocycles. The van der Waals surface area contributed by atoms with E-state index < -0.39 is 28.9 Å². The molecule has 3 aromatic carbocycles. The number of hydrogen-bond acceptors (Lipinski definition) is 6. The molecule has 0 bridgehead atoms. The summed E-state index contributed by atoms with van der Waals surface area (Å²) in [5.74, 6) is -1.94. The minimum absolute atomic E-state index is 0.0718. The van der Waals surface area contributed by atoms with E-state index in [1.54, 1.807) is 12.3 Å². The molecule has 7 rings (SSSR count). The molecule has 0 aliphatic heterocycles. The van der Waals surface area contributed by atoms with Gasteiger partial charge in [0.05, 0.1) is 11.9 Å². The number of H-pyrrole nitrogens is 1. The molecule has 0 spiro atoms. The number of hydrogen-bond donors (Lipinski definition) is 3. The Morgan fingerprint density at radius 1 is 0.889 bits per heavy atom. The second-order valence-electron chi connectivity index (χ2n) is 10.7. The monoisotopic (exact) mass is 605 g/mol. The van der Waals surface area contributed by atoms with Gasteiger partial charge in [-0.3, -0.25) is 19.4 Å². The molecule has 6 aromatic rings. The normalized spacial score (nSPS) is 13.4. The van der Waals surface area contributed by atoms with Crippen LogP contribution in [0.15, 0.2) is 97.5 Å². The predicted molar refractivity (Wildman–Crippen MR) is 162 cm³/mol. The van der Waals surface area contributed by atoms with Gasteiger partial charge < -0.3 is 15.4 Å². The van der Waals surface area contributed by atoms with Gasteiger partial charge in [0.25, 0.3) is 0 Å². The van der Waals surface area contributed by atoms with Crippen LogP contribution in [0, 0.1) is 17.0 Å². The van der Waals surface area contributed by atoms with Gasteiger partial charge >= 0.3 is 0 Å². The summed E-state index contributed by atoms with van der Waals surface area (Å²) in [5.41, 5.74) is 2.22. The Balaban J connectivity index is 1.07. The zero-order valence-electron chi connectivity index (χ0n) is 23.6. The molecular weight excluding hydrogens is 580 g/mol. The van der Waals surface area contributed by atoms with E-state index in [0.29, 0.717) is 47.6 Å². The number of amides is 2. The van der Waals surface area contributed by atoms with Gasteiger partial charge in [-0.05, 0) is 66.9 Å². The minimum atomic E-state index is -1.28. The van der Waals surface area contributed by atoms with Crippen LogP contribution in [-0.2, 0) is 16.1 Å². The van der Waals surface area contributed by atoms with Gasteiger partial charge in [-0.1, -0.05) is 24.3 Å². The molecule has 1 aliphatic rings. The van der Waals surface area contributed by atoms with Crippen molar-refractivity contribution in [3.8, 4) is 22.8 Å². The lowest BCUT2D eigenvalue weighted by atomic mass is 10.0. The van der Waals surface area contributed by atoms with E-state index in [9.17, 15) is 14.0 Å². The Bertz CT molecular complexity index is 2020. The molecule has 10 nitrogen and oxygen atoms in total. The Morgan fingerprint density at radius 3 is 2.31 bits per heavy atom. The van der Waals surface area contributed by atoms with E-state index >= 15 is 4.39 Å². The van der Waals surface area contributed by atoms with Gasteiger partial charge in [-0.15, -0.1) is 0 Å². The maximum Gasteiger partial charge on any atom is 0.240 e. The van der Waals surface area contributed by atoms with Crippen molar-refractivity contribution in [3.63, 3.8) is 0 Å². The summed E-state index contributed by atoms with van der Waals surface area (Å²) in [4.78, 5) is 30.2. The number of pyridine rings is 1. The topological polar surface area (TPSA) is 127 Å². The highest BCUT2D eigenvalue weighted by Crippen LogP contribution is 2.47. The number of aromatic amines is 1. The molecule has 1 saturated carbocycles. The number of carbonyl (C=O) groups is 2. The van der Waals surface area contributed by atoms with Gasteiger partial charge in [0.1, 0.15) is 22.7 Å². The first-order valence-electron chi connectivity index (χ1n) is 14.1. The summed E-state index contributed by atoms with van der Waals surface area (Å²) in [6.07, 6.45) is 5.84. The number of anilines is 2. The molecule has 1 aliphatic carbocycles. The third-order valence-corrected chi connectivity index (χ3v) is 7.69. The van der Waals surface area contributed by atoms with Crippen molar-refractivity contribution >= 4 is 34.2 Å². The maximum atomic E-state index is 15.3. The fourth-order valence-electron chi connectivity index (χ4n) is 5.06. The van der Waals surface area contributed by atoms with Crippen LogP contribution in [0.5, 0.6) is 11.5 Å². The number of ether oxygens (including phenoxy) is 1. The number of fused-ring (bicyclic) bond motifs is 1. The van der Waals surface area contributed by atoms with E-state index in [-0.39, 0.29) is 11.4 Å². The van der Waals surface area contributed by atoms with Crippen LogP contribution in [0.25, 0.3) is 22.3 Å². The summed E-state index contributed by atoms with van der Waals surface area (Å²) < 4.78 is 36.3. The minimum Gasteiger partial charge on any atom is -0.453 e. The summed E-state index contributed by atoms with van der Waals surface area (Å²) >= 11 is 0. The van der Waals surface area contributed by atoms with Crippen molar-refractivity contribution < 1.29 is 23.1 Å². The highest BCUT2D eigenvalue weighted by atomic mass is 19.1. The number of nitrogens with zero attached hydrogens (tertiary/aromatic N) is 4.